The first kappa shape index (κ1) is 23.1. The Bertz CT molecular complexity index is 1260. The first-order valence-corrected chi connectivity index (χ1v) is 12.4. The molecule has 2 amide bonds. The molecule has 1 aromatic heterocycles. The molecule has 5 rings (SSSR count). The number of unbranched alkanes of at least 4 members (excludes halogenated alkanes) is 3. The van der Waals surface area contributed by atoms with E-state index in [4.69, 9.17) is 4.74 Å². The third-order valence-corrected chi connectivity index (χ3v) is 7.27. The van der Waals surface area contributed by atoms with Crippen molar-refractivity contribution in [1.29, 1.82) is 0 Å². The van der Waals surface area contributed by atoms with Gasteiger partial charge in [-0.05, 0) is 35.7 Å². The predicted octanol–water partition coefficient (Wildman–Crippen LogP) is 4.22. The number of hydrogen-bond acceptors (Lipinski definition) is 4. The minimum atomic E-state index is -0.542. The fourth-order valence-corrected chi connectivity index (χ4v) is 5.51. The molecule has 182 valence electrons. The second-order valence-corrected chi connectivity index (χ2v) is 9.42. The van der Waals surface area contributed by atoms with Crippen molar-refractivity contribution in [3.8, 4) is 0 Å². The van der Waals surface area contributed by atoms with Crippen molar-refractivity contribution >= 4 is 28.7 Å². The second-order valence-electron chi connectivity index (χ2n) is 9.42. The highest BCUT2D eigenvalue weighted by Crippen LogP contribution is 2.42. The zero-order valence-corrected chi connectivity index (χ0v) is 20.3. The van der Waals surface area contributed by atoms with Crippen molar-refractivity contribution in [3.63, 3.8) is 0 Å². The van der Waals surface area contributed by atoms with E-state index >= 15 is 0 Å². The fourth-order valence-electron chi connectivity index (χ4n) is 5.51. The van der Waals surface area contributed by atoms with E-state index in [1.165, 1.54) is 7.11 Å². The molecule has 2 aromatic carbocycles. The number of nitrogens with one attached hydrogen (secondary N) is 1. The number of carbonyl (C=O) groups is 3. The van der Waals surface area contributed by atoms with Crippen LogP contribution in [-0.2, 0) is 20.7 Å². The largest absolute Gasteiger partial charge is 0.465 e. The SMILES string of the molecule is CCCCCCN1CC(=O)N2C(c3ccc(C(=O)OC)cc3)c3[nH]c4ccccc4c3C[C@@H]2C1=O. The maximum atomic E-state index is 13.7. The number of fused-ring (bicyclic) bond motifs is 4. The number of amides is 2. The van der Waals surface area contributed by atoms with Gasteiger partial charge in [0.2, 0.25) is 11.8 Å². The second kappa shape index (κ2) is 9.56. The Morgan fingerprint density at radius 1 is 1.06 bits per heavy atom. The maximum absolute atomic E-state index is 13.7. The molecule has 0 radical (unpaired) electrons. The Kier molecular flexibility index (Phi) is 6.32. The number of hydrogen-bond donors (Lipinski definition) is 1. The van der Waals surface area contributed by atoms with E-state index in [2.05, 4.69) is 18.0 Å². The summed E-state index contributed by atoms with van der Waals surface area (Å²) in [4.78, 5) is 46.2. The number of ether oxygens (including phenoxy) is 1. The number of aromatic amines is 1. The van der Waals surface area contributed by atoms with Gasteiger partial charge in [-0.25, -0.2) is 4.79 Å². The molecule has 1 saturated heterocycles. The number of rotatable bonds is 7. The van der Waals surface area contributed by atoms with Crippen LogP contribution < -0.4 is 0 Å². The molecule has 1 N–H and O–H groups in total. The van der Waals surface area contributed by atoms with Gasteiger partial charge >= 0.3 is 5.97 Å². The van der Waals surface area contributed by atoms with Crippen LogP contribution in [0.3, 0.4) is 0 Å². The minimum Gasteiger partial charge on any atom is -0.465 e. The Labute approximate surface area is 205 Å². The van der Waals surface area contributed by atoms with Crippen molar-refractivity contribution in [2.24, 2.45) is 0 Å². The molecule has 1 fully saturated rings. The summed E-state index contributed by atoms with van der Waals surface area (Å²) in [5, 5.41) is 1.08. The molecule has 7 nitrogen and oxygen atoms in total. The molecule has 35 heavy (non-hydrogen) atoms. The van der Waals surface area contributed by atoms with E-state index < -0.39 is 18.1 Å². The molecule has 0 saturated carbocycles. The molecule has 7 heteroatoms. The molecule has 0 bridgehead atoms. The van der Waals surface area contributed by atoms with E-state index in [1.54, 1.807) is 21.9 Å². The van der Waals surface area contributed by atoms with Gasteiger partial charge < -0.3 is 19.5 Å². The van der Waals surface area contributed by atoms with Crippen LogP contribution in [0.5, 0.6) is 0 Å². The molecule has 3 aromatic rings. The van der Waals surface area contributed by atoms with Crippen LogP contribution in [-0.4, -0.2) is 58.8 Å². The van der Waals surface area contributed by atoms with Crippen LogP contribution >= 0.6 is 0 Å². The minimum absolute atomic E-state index is 0.0215. The van der Waals surface area contributed by atoms with Crippen molar-refractivity contribution in [3.05, 3.63) is 70.9 Å². The van der Waals surface area contributed by atoms with Gasteiger partial charge in [-0.1, -0.05) is 56.5 Å². The molecule has 3 heterocycles. The van der Waals surface area contributed by atoms with Crippen LogP contribution in [0, 0.1) is 0 Å². The number of para-hydroxylation sites is 1. The summed E-state index contributed by atoms with van der Waals surface area (Å²) in [7, 11) is 1.35. The normalized spacial score (nSPS) is 19.6. The summed E-state index contributed by atoms with van der Waals surface area (Å²) in [6, 6.07) is 14.2. The number of carbonyl (C=O) groups excluding carboxylic acids is 3. The highest BCUT2D eigenvalue weighted by Gasteiger charge is 2.48. The number of nitrogens with zero attached hydrogens (tertiary/aromatic N) is 2. The number of aromatic nitrogens is 1. The lowest BCUT2D eigenvalue weighted by atomic mass is 9.86. The lowest BCUT2D eigenvalue weighted by molar-refractivity contribution is -0.158. The number of H-pyrrole nitrogens is 1. The third kappa shape index (κ3) is 4.09. The average Bonchev–Trinajstić information content (AvgIpc) is 3.26. The number of methoxy groups -OCH3 is 1. The number of piperazine rings is 1. The van der Waals surface area contributed by atoms with Gasteiger partial charge in [-0.2, -0.15) is 0 Å². The lowest BCUT2D eigenvalue weighted by Crippen LogP contribution is -2.63. The highest BCUT2D eigenvalue weighted by atomic mass is 16.5. The molecule has 0 aliphatic carbocycles. The standard InChI is InChI=1S/C28H31N3O4/c1-3-4-5-8-15-30-17-24(32)31-23(27(30)33)16-21-20-9-6-7-10-22(20)29-25(21)26(31)18-11-13-19(14-12-18)28(34)35-2/h6-7,9-14,23,26,29H,3-5,8,15-17H2,1-2H3/t23-,26?/m1/s1. The molecule has 2 aliphatic heterocycles. The van der Waals surface area contributed by atoms with Gasteiger partial charge in [0.25, 0.3) is 0 Å². The van der Waals surface area contributed by atoms with Gasteiger partial charge in [0.05, 0.1) is 25.3 Å². The molecule has 0 spiro atoms. The number of benzene rings is 2. The van der Waals surface area contributed by atoms with Gasteiger partial charge in [0, 0.05) is 29.6 Å². The lowest BCUT2D eigenvalue weighted by Gasteiger charge is -2.47. The van der Waals surface area contributed by atoms with E-state index in [0.717, 1.165) is 53.4 Å². The third-order valence-electron chi connectivity index (χ3n) is 7.27. The molecule has 2 aliphatic rings. The van der Waals surface area contributed by atoms with Crippen molar-refractivity contribution < 1.29 is 19.1 Å². The van der Waals surface area contributed by atoms with Crippen LogP contribution in [0.25, 0.3) is 10.9 Å². The Morgan fingerprint density at radius 3 is 2.57 bits per heavy atom. The Morgan fingerprint density at radius 2 is 1.83 bits per heavy atom. The number of esters is 1. The van der Waals surface area contributed by atoms with Crippen molar-refractivity contribution in [2.45, 2.75) is 51.1 Å². The van der Waals surface area contributed by atoms with Gasteiger partial charge in [0.15, 0.2) is 0 Å². The summed E-state index contributed by atoms with van der Waals surface area (Å²) < 4.78 is 4.83. The zero-order valence-electron chi connectivity index (χ0n) is 20.3. The summed E-state index contributed by atoms with van der Waals surface area (Å²) in [6.07, 6.45) is 4.73. The molecule has 2 atom stereocenters. The quantitative estimate of drug-likeness (QED) is 0.411. The molecular weight excluding hydrogens is 442 g/mol. The maximum Gasteiger partial charge on any atom is 0.337 e. The topological polar surface area (TPSA) is 82.7 Å². The molecule has 1 unspecified atom stereocenters. The Balaban J connectivity index is 1.55. The first-order valence-electron chi connectivity index (χ1n) is 12.4. The molecular formula is C28H31N3O4. The van der Waals surface area contributed by atoms with Crippen LogP contribution in [0.15, 0.2) is 48.5 Å². The summed E-state index contributed by atoms with van der Waals surface area (Å²) in [5.41, 5.74) is 4.31. The summed E-state index contributed by atoms with van der Waals surface area (Å²) in [5.74, 6) is -0.433. The smallest absolute Gasteiger partial charge is 0.337 e. The highest BCUT2D eigenvalue weighted by molar-refractivity contribution is 5.97. The van der Waals surface area contributed by atoms with Gasteiger partial charge in [0.1, 0.15) is 6.04 Å². The van der Waals surface area contributed by atoms with Crippen LogP contribution in [0.2, 0.25) is 0 Å². The van der Waals surface area contributed by atoms with Crippen molar-refractivity contribution in [2.75, 3.05) is 20.2 Å². The monoisotopic (exact) mass is 473 g/mol. The van der Waals surface area contributed by atoms with E-state index in [9.17, 15) is 14.4 Å². The fraction of sp³-hybridized carbons (Fsp3) is 0.393. The first-order chi connectivity index (χ1) is 17.0. The summed E-state index contributed by atoms with van der Waals surface area (Å²) in [6.45, 7) is 2.88. The predicted molar refractivity (Wildman–Crippen MR) is 133 cm³/mol. The van der Waals surface area contributed by atoms with Gasteiger partial charge in [-0.3, -0.25) is 9.59 Å². The Hall–Kier alpha value is -3.61. The average molecular weight is 474 g/mol. The van der Waals surface area contributed by atoms with Crippen molar-refractivity contribution in [1.82, 2.24) is 14.8 Å². The van der Waals surface area contributed by atoms with Gasteiger partial charge in [-0.15, -0.1) is 0 Å². The van der Waals surface area contributed by atoms with E-state index in [1.807, 2.05) is 30.3 Å². The summed E-state index contributed by atoms with van der Waals surface area (Å²) >= 11 is 0. The van der Waals surface area contributed by atoms with Crippen LogP contribution in [0.4, 0.5) is 0 Å². The van der Waals surface area contributed by atoms with Crippen LogP contribution in [0.1, 0.15) is 65.8 Å². The van der Waals surface area contributed by atoms with E-state index in [0.29, 0.717) is 18.5 Å². The van der Waals surface area contributed by atoms with E-state index in [-0.39, 0.29) is 18.4 Å². The zero-order chi connectivity index (χ0) is 24.5.